The number of rotatable bonds is 2. The molecule has 12 heteroatoms. The molecule has 2 aromatic rings. The van der Waals surface area contributed by atoms with Gasteiger partial charge in [0.2, 0.25) is 0 Å². The maximum atomic E-state index is 11.6. The zero-order chi connectivity index (χ0) is 15.3. The Kier molecular flexibility index (Phi) is 8.70. The van der Waals surface area contributed by atoms with Crippen LogP contribution in [0.3, 0.4) is 0 Å². The van der Waals surface area contributed by atoms with Crippen molar-refractivity contribution in [1.82, 2.24) is 0 Å². The van der Waals surface area contributed by atoms with E-state index in [0.29, 0.717) is 12.1 Å². The first kappa shape index (κ1) is 23.4. The van der Waals surface area contributed by atoms with Crippen LogP contribution in [0.15, 0.2) is 34.1 Å². The number of hydrogen-bond acceptors (Lipinski definition) is 6. The van der Waals surface area contributed by atoms with E-state index in [-0.39, 0.29) is 108 Å². The van der Waals surface area contributed by atoms with E-state index < -0.39 is 46.9 Å². The number of fused-ring (bicyclic) bond motifs is 1. The standard InChI is InChI=1S/C10H8O8S2.2K/c11-8-3-6(19(13,14)15)1-5-2-7(20(16,17)18)4-9(12)10(5)8;;/h1-4,11-12H,(H,13,14,15)(H,16,17,18);;/q;2*+1/p-2. The first-order valence-electron chi connectivity index (χ1n) is 4.91. The molecular formula is C10H6K2O8S2. The molecule has 0 bridgehead atoms. The van der Waals surface area contributed by atoms with Gasteiger partial charge in [0.15, 0.2) is 0 Å². The van der Waals surface area contributed by atoms with Crippen LogP contribution in [0.2, 0.25) is 0 Å². The van der Waals surface area contributed by atoms with Crippen LogP contribution in [0.1, 0.15) is 0 Å². The van der Waals surface area contributed by atoms with Gasteiger partial charge < -0.3 is 10.2 Å². The van der Waals surface area contributed by atoms with Gasteiger partial charge in [-0.2, -0.15) is 16.8 Å². The van der Waals surface area contributed by atoms with Crippen LogP contribution in [0, 0.1) is 0 Å². The summed E-state index contributed by atoms with van der Waals surface area (Å²) in [6.07, 6.45) is 0. The van der Waals surface area contributed by atoms with Crippen molar-refractivity contribution in [2.45, 2.75) is 9.79 Å². The molecule has 2 rings (SSSR count). The van der Waals surface area contributed by atoms with Crippen LogP contribution in [-0.2, 0) is 20.2 Å². The fourth-order valence-corrected chi connectivity index (χ4v) is 2.75. The van der Waals surface area contributed by atoms with E-state index in [9.17, 15) is 27.0 Å². The second-order valence-electron chi connectivity index (χ2n) is 3.89. The van der Waals surface area contributed by atoms with Crippen LogP contribution >= 0.6 is 0 Å². The summed E-state index contributed by atoms with van der Waals surface area (Å²) in [5, 5.41) is 22.5. The minimum atomic E-state index is -4.69. The molecule has 0 unspecified atom stereocenters. The molecule has 0 aliphatic heterocycles. The van der Waals surface area contributed by atoms with Crippen molar-refractivity contribution in [3.8, 4) is 11.5 Å². The molecule has 0 aromatic heterocycles. The van der Waals surface area contributed by atoms with Gasteiger partial charge in [0.1, 0.15) is 0 Å². The number of hydrogen-bond donors (Lipinski definition) is 2. The Bertz CT molecular complexity index is 849. The summed E-state index contributed by atoms with van der Waals surface area (Å²) in [4.78, 5) is -1.55. The van der Waals surface area contributed by atoms with Crippen LogP contribution in [-0.4, -0.2) is 25.9 Å². The fourth-order valence-electron chi connectivity index (χ4n) is 1.68. The smallest absolute Gasteiger partial charge is 0.872 e. The second kappa shape index (κ2) is 8.18. The molecular weight excluding hydrogens is 390 g/mol. The molecule has 0 spiro atoms. The van der Waals surface area contributed by atoms with Crippen LogP contribution < -0.4 is 113 Å². The summed E-state index contributed by atoms with van der Waals surface area (Å²) >= 11 is 0. The summed E-state index contributed by atoms with van der Waals surface area (Å²) in [5.74, 6) is -1.97. The Labute approximate surface area is 211 Å². The molecule has 0 heterocycles. The molecule has 0 saturated heterocycles. The first-order valence-corrected chi connectivity index (χ1v) is 7.79. The Balaban J connectivity index is 0.00000220. The van der Waals surface area contributed by atoms with E-state index in [1.807, 2.05) is 0 Å². The topological polar surface area (TPSA) is 155 Å². The van der Waals surface area contributed by atoms with Gasteiger partial charge in [-0.3, -0.25) is 9.11 Å². The summed E-state index contributed by atoms with van der Waals surface area (Å²) in [7, 11) is -9.38. The van der Waals surface area contributed by atoms with E-state index in [4.69, 9.17) is 9.11 Å². The largest absolute Gasteiger partial charge is 1.00 e. The van der Waals surface area contributed by atoms with Gasteiger partial charge in [-0.05, 0) is 35.0 Å². The maximum Gasteiger partial charge on any atom is 1.00 e. The van der Waals surface area contributed by atoms with Crippen molar-refractivity contribution in [3.63, 3.8) is 0 Å². The van der Waals surface area contributed by atoms with E-state index in [1.54, 1.807) is 0 Å². The SMILES string of the molecule is O=S(=O)(O)c1cc([O-])c2c([O-])cc(S(=O)(=O)O)cc2c1.[K+].[K+]. The van der Waals surface area contributed by atoms with Crippen LogP contribution in [0.4, 0.5) is 0 Å². The maximum absolute atomic E-state index is 11.6. The van der Waals surface area contributed by atoms with E-state index >= 15 is 0 Å². The van der Waals surface area contributed by atoms with Crippen molar-refractivity contribution < 1.29 is 139 Å². The molecule has 0 atom stereocenters. The Morgan fingerprint density at radius 1 is 0.727 bits per heavy atom. The summed E-state index contributed by atoms with van der Waals surface area (Å²) in [5.41, 5.74) is 0. The minimum absolute atomic E-state index is 0. The van der Waals surface area contributed by atoms with E-state index in [2.05, 4.69) is 0 Å². The molecule has 2 aromatic carbocycles. The van der Waals surface area contributed by atoms with Gasteiger partial charge in [-0.1, -0.05) is 0 Å². The van der Waals surface area contributed by atoms with Gasteiger partial charge in [-0.15, -0.1) is 11.5 Å². The zero-order valence-electron chi connectivity index (χ0n) is 11.5. The van der Waals surface area contributed by atoms with Crippen LogP contribution in [0.25, 0.3) is 10.8 Å². The third-order valence-corrected chi connectivity index (χ3v) is 4.18. The van der Waals surface area contributed by atoms with Gasteiger partial charge >= 0.3 is 103 Å². The molecule has 0 saturated carbocycles. The molecule has 0 aliphatic rings. The third kappa shape index (κ3) is 5.19. The Morgan fingerprint density at radius 3 is 1.32 bits per heavy atom. The quantitative estimate of drug-likeness (QED) is 0.375. The van der Waals surface area contributed by atoms with Crippen molar-refractivity contribution in [1.29, 1.82) is 0 Å². The van der Waals surface area contributed by atoms with Gasteiger partial charge in [-0.25, -0.2) is 0 Å². The minimum Gasteiger partial charge on any atom is -0.872 e. The molecule has 108 valence electrons. The Morgan fingerprint density at radius 2 is 1.05 bits per heavy atom. The van der Waals surface area contributed by atoms with Crippen molar-refractivity contribution >= 4 is 31.0 Å². The molecule has 0 aliphatic carbocycles. The monoisotopic (exact) mass is 396 g/mol. The van der Waals surface area contributed by atoms with Gasteiger partial charge in [0.25, 0.3) is 20.2 Å². The molecule has 22 heavy (non-hydrogen) atoms. The van der Waals surface area contributed by atoms with Crippen LogP contribution in [0.5, 0.6) is 11.5 Å². The molecule has 2 N–H and O–H groups in total. The normalized spacial score (nSPS) is 11.5. The number of benzene rings is 2. The summed E-state index contributed by atoms with van der Waals surface area (Å²) in [6.45, 7) is 0. The average Bonchev–Trinajstić information content (AvgIpc) is 2.25. The second-order valence-corrected chi connectivity index (χ2v) is 6.73. The Hall–Kier alpha value is 1.39. The first-order chi connectivity index (χ1) is 9.00. The third-order valence-electron chi connectivity index (χ3n) is 2.52. The van der Waals surface area contributed by atoms with Crippen molar-refractivity contribution in [2.75, 3.05) is 0 Å². The van der Waals surface area contributed by atoms with Gasteiger partial charge in [0, 0.05) is 0 Å². The van der Waals surface area contributed by atoms with Crippen molar-refractivity contribution in [3.05, 3.63) is 24.3 Å². The predicted octanol–water partition coefficient (Wildman–Crippen LogP) is -6.51. The molecule has 0 amide bonds. The van der Waals surface area contributed by atoms with E-state index in [0.717, 1.165) is 12.1 Å². The molecule has 8 nitrogen and oxygen atoms in total. The predicted molar refractivity (Wildman–Crippen MR) is 62.5 cm³/mol. The van der Waals surface area contributed by atoms with Crippen molar-refractivity contribution in [2.24, 2.45) is 0 Å². The average molecular weight is 396 g/mol. The summed E-state index contributed by atoms with van der Waals surface area (Å²) in [6, 6.07) is 2.63. The molecule has 0 fully saturated rings. The molecule has 0 radical (unpaired) electrons. The fraction of sp³-hybridized carbons (Fsp3) is 0. The zero-order valence-corrected chi connectivity index (χ0v) is 19.3. The summed E-state index contributed by atoms with van der Waals surface area (Å²) < 4.78 is 61.6. The van der Waals surface area contributed by atoms with Gasteiger partial charge in [0.05, 0.1) is 9.79 Å². The van der Waals surface area contributed by atoms with E-state index in [1.165, 1.54) is 0 Å².